The highest BCUT2D eigenvalue weighted by Crippen LogP contribution is 2.74. The molecule has 0 amide bonds. The van der Waals surface area contributed by atoms with Gasteiger partial charge in [-0.1, -0.05) is 54.5 Å². The van der Waals surface area contributed by atoms with Crippen molar-refractivity contribution < 1.29 is 9.59 Å². The van der Waals surface area contributed by atoms with Crippen LogP contribution < -0.4 is 5.32 Å². The number of carbonyl (C=O) groups excluding carboxylic acids is 2. The summed E-state index contributed by atoms with van der Waals surface area (Å²) in [5.41, 5.74) is -0.851. The van der Waals surface area contributed by atoms with Crippen molar-refractivity contribution in [2.75, 3.05) is 6.54 Å². The summed E-state index contributed by atoms with van der Waals surface area (Å²) in [5.74, 6) is 0.783. The number of fused-ring (bicyclic) bond motifs is 7. The average Bonchev–Trinajstić information content (AvgIpc) is 2.82. The van der Waals surface area contributed by atoms with Gasteiger partial charge in [0, 0.05) is 23.3 Å². The molecule has 37 heavy (non-hydrogen) atoms. The smallest absolute Gasteiger partial charge is 0.178 e. The largest absolute Gasteiger partial charge is 0.299 e. The highest BCUT2D eigenvalue weighted by molar-refractivity contribution is 6.04. The zero-order valence-electron chi connectivity index (χ0n) is 24.0. The first kappa shape index (κ1) is 26.6. The molecular weight excluding hydrogens is 458 g/mol. The van der Waals surface area contributed by atoms with Crippen LogP contribution in [0.5, 0.6) is 0 Å². The quantitative estimate of drug-likeness (QED) is 0.456. The maximum absolute atomic E-state index is 14.5. The van der Waals surface area contributed by atoms with E-state index in [1.807, 2.05) is 19.9 Å². The number of nitriles is 2. The Hall–Kier alpha value is -1.98. The van der Waals surface area contributed by atoms with Gasteiger partial charge in [0.25, 0.3) is 0 Å². The molecule has 5 rings (SSSR count). The first-order valence-electron chi connectivity index (χ1n) is 14.4. The van der Waals surface area contributed by atoms with Gasteiger partial charge < -0.3 is 0 Å². The molecule has 8 unspecified atom stereocenters. The van der Waals surface area contributed by atoms with E-state index in [1.54, 1.807) is 0 Å². The fourth-order valence-corrected chi connectivity index (χ4v) is 10.8. The lowest BCUT2D eigenvalue weighted by Crippen LogP contribution is -2.71. The fourth-order valence-electron chi connectivity index (χ4n) is 10.8. The molecule has 0 heterocycles. The van der Waals surface area contributed by atoms with Crippen LogP contribution in [0.2, 0.25) is 0 Å². The lowest BCUT2D eigenvalue weighted by Gasteiger charge is -2.72. The van der Waals surface area contributed by atoms with E-state index in [2.05, 4.69) is 52.1 Å². The first-order valence-corrected chi connectivity index (χ1v) is 14.4. The van der Waals surface area contributed by atoms with E-state index in [0.717, 1.165) is 44.9 Å². The second-order valence-electron chi connectivity index (χ2n) is 15.4. The van der Waals surface area contributed by atoms with Crippen LogP contribution in [0.1, 0.15) is 99.8 Å². The van der Waals surface area contributed by atoms with Gasteiger partial charge in [-0.3, -0.25) is 14.9 Å². The Morgan fingerprint density at radius 3 is 2.24 bits per heavy atom. The molecule has 0 bridgehead atoms. The Bertz CT molecular complexity index is 1150. The van der Waals surface area contributed by atoms with Crippen molar-refractivity contribution >= 4 is 11.6 Å². The standard InChI is InChI=1S/C32H45N3O2/c1-27(2)10-12-32(35-15-14-33)13-11-31(7)25(21(32)18-27)22(36)16-24-29(5)17-20(19-34)26(37)28(3,4)23(29)8-9-30(24,31)6/h17,21,23-25,35H,8-13,15-16,18H2,1-7H3. The molecule has 4 fully saturated rings. The Balaban J connectivity index is 1.62. The minimum Gasteiger partial charge on any atom is -0.299 e. The van der Waals surface area contributed by atoms with Crippen molar-refractivity contribution in [3.63, 3.8) is 0 Å². The van der Waals surface area contributed by atoms with Crippen LogP contribution in [0.3, 0.4) is 0 Å². The van der Waals surface area contributed by atoms with Crippen molar-refractivity contribution in [1.82, 2.24) is 5.32 Å². The third-order valence-corrected chi connectivity index (χ3v) is 13.0. The Morgan fingerprint density at radius 1 is 0.919 bits per heavy atom. The molecule has 8 atom stereocenters. The number of ketones is 2. The van der Waals surface area contributed by atoms with Gasteiger partial charge in [0.05, 0.1) is 18.2 Å². The molecule has 0 aromatic heterocycles. The molecule has 0 saturated heterocycles. The molecule has 5 aliphatic rings. The number of hydrogen-bond donors (Lipinski definition) is 1. The number of nitrogens with one attached hydrogen (secondary N) is 1. The van der Waals surface area contributed by atoms with Gasteiger partial charge >= 0.3 is 0 Å². The Labute approximate surface area is 223 Å². The number of rotatable bonds is 2. The average molecular weight is 504 g/mol. The minimum atomic E-state index is -0.604. The van der Waals surface area contributed by atoms with Crippen LogP contribution in [-0.4, -0.2) is 23.7 Å². The summed E-state index contributed by atoms with van der Waals surface area (Å²) in [7, 11) is 0. The van der Waals surface area contributed by atoms with Gasteiger partial charge in [0.2, 0.25) is 0 Å². The Kier molecular flexibility index (Phi) is 5.77. The van der Waals surface area contributed by atoms with E-state index in [4.69, 9.17) is 0 Å². The third kappa shape index (κ3) is 3.35. The van der Waals surface area contributed by atoms with Crippen LogP contribution >= 0.6 is 0 Å². The molecule has 5 aliphatic carbocycles. The lowest BCUT2D eigenvalue weighted by atomic mass is 9.32. The van der Waals surface area contributed by atoms with Gasteiger partial charge in [0.1, 0.15) is 11.9 Å². The molecule has 0 aliphatic heterocycles. The van der Waals surface area contributed by atoms with E-state index in [1.165, 1.54) is 0 Å². The zero-order valence-corrected chi connectivity index (χ0v) is 24.0. The number of allylic oxidation sites excluding steroid dienone is 2. The topological polar surface area (TPSA) is 93.8 Å². The van der Waals surface area contributed by atoms with Gasteiger partial charge in [-0.25, -0.2) is 0 Å². The van der Waals surface area contributed by atoms with Crippen molar-refractivity contribution in [2.24, 2.45) is 50.7 Å². The van der Waals surface area contributed by atoms with Crippen LogP contribution in [0.25, 0.3) is 0 Å². The molecule has 200 valence electrons. The highest BCUT2D eigenvalue weighted by atomic mass is 16.1. The van der Waals surface area contributed by atoms with Gasteiger partial charge in [-0.05, 0) is 84.4 Å². The third-order valence-electron chi connectivity index (χ3n) is 13.0. The predicted octanol–water partition coefficient (Wildman–Crippen LogP) is 6.15. The molecule has 0 aromatic rings. The predicted molar refractivity (Wildman–Crippen MR) is 143 cm³/mol. The molecule has 1 N–H and O–H groups in total. The van der Waals surface area contributed by atoms with Crippen LogP contribution in [0.15, 0.2) is 11.6 Å². The van der Waals surface area contributed by atoms with Crippen LogP contribution in [0, 0.1) is 73.4 Å². The van der Waals surface area contributed by atoms with E-state index < -0.39 is 5.41 Å². The van der Waals surface area contributed by atoms with E-state index in [0.29, 0.717) is 18.7 Å². The molecular formula is C32H45N3O2. The summed E-state index contributed by atoms with van der Waals surface area (Å²) in [6.45, 7) is 16.1. The molecule has 5 heteroatoms. The summed E-state index contributed by atoms with van der Waals surface area (Å²) in [5, 5.41) is 23.0. The molecule has 4 saturated carbocycles. The van der Waals surface area contributed by atoms with Crippen LogP contribution in [0.4, 0.5) is 0 Å². The summed E-state index contributed by atoms with van der Waals surface area (Å²) < 4.78 is 0. The second-order valence-corrected chi connectivity index (χ2v) is 15.4. The summed E-state index contributed by atoms with van der Waals surface area (Å²) >= 11 is 0. The minimum absolute atomic E-state index is 0.0222. The first-order chi connectivity index (χ1) is 17.1. The number of Topliss-reactive ketones (excluding diaryl/α,β-unsaturated/α-hetero) is 2. The summed E-state index contributed by atoms with van der Waals surface area (Å²) in [6, 6.07) is 4.53. The van der Waals surface area contributed by atoms with Gasteiger partial charge in [-0.2, -0.15) is 10.5 Å². The SMILES string of the molecule is CC1(C)CCC2(NCC#N)CCC3(C)C(C(=O)CC4C5(C)C=C(C#N)C(=O)C(C)(C)C5CCC43C)C2C1. The van der Waals surface area contributed by atoms with E-state index >= 15 is 0 Å². The van der Waals surface area contributed by atoms with Crippen molar-refractivity contribution in [1.29, 1.82) is 10.5 Å². The maximum atomic E-state index is 14.5. The zero-order chi connectivity index (χ0) is 27.2. The second kappa shape index (κ2) is 8.02. The normalized spacial score (nSPS) is 47.8. The lowest BCUT2D eigenvalue weighted by molar-refractivity contribution is -0.215. The van der Waals surface area contributed by atoms with Crippen molar-refractivity contribution in [3.8, 4) is 12.1 Å². The molecule has 0 radical (unpaired) electrons. The number of hydrogen-bond acceptors (Lipinski definition) is 5. The van der Waals surface area contributed by atoms with Crippen molar-refractivity contribution in [2.45, 2.75) is 105 Å². The van der Waals surface area contributed by atoms with Crippen molar-refractivity contribution in [3.05, 3.63) is 11.6 Å². The number of carbonyl (C=O) groups is 2. The molecule has 0 aromatic carbocycles. The van der Waals surface area contributed by atoms with Gasteiger partial charge in [-0.15, -0.1) is 0 Å². The fraction of sp³-hybridized carbons (Fsp3) is 0.812. The summed E-state index contributed by atoms with van der Waals surface area (Å²) in [4.78, 5) is 27.7. The molecule has 5 nitrogen and oxygen atoms in total. The monoisotopic (exact) mass is 503 g/mol. The Morgan fingerprint density at radius 2 is 1.59 bits per heavy atom. The van der Waals surface area contributed by atoms with E-state index in [9.17, 15) is 20.1 Å². The van der Waals surface area contributed by atoms with Gasteiger partial charge in [0.15, 0.2) is 5.78 Å². The summed E-state index contributed by atoms with van der Waals surface area (Å²) in [6.07, 6.45) is 9.59. The number of nitrogens with zero attached hydrogens (tertiary/aromatic N) is 2. The maximum Gasteiger partial charge on any atom is 0.178 e. The molecule has 0 spiro atoms. The van der Waals surface area contributed by atoms with Crippen LogP contribution in [-0.2, 0) is 9.59 Å². The van der Waals surface area contributed by atoms with E-state index in [-0.39, 0.29) is 62.2 Å². The highest BCUT2D eigenvalue weighted by Gasteiger charge is 2.72.